The molecular formula is C12H16FNO. The van der Waals surface area contributed by atoms with Crippen molar-refractivity contribution in [2.45, 2.75) is 31.4 Å². The highest BCUT2D eigenvalue weighted by Crippen LogP contribution is 2.18. The van der Waals surface area contributed by atoms with Crippen molar-refractivity contribution in [3.63, 3.8) is 0 Å². The second-order valence-electron chi connectivity index (χ2n) is 4.01. The van der Waals surface area contributed by atoms with Gasteiger partial charge >= 0.3 is 0 Å². The van der Waals surface area contributed by atoms with Crippen LogP contribution < -0.4 is 5.73 Å². The first kappa shape index (κ1) is 10.6. The Hall–Kier alpha value is -0.930. The summed E-state index contributed by atoms with van der Waals surface area (Å²) >= 11 is 0. The fourth-order valence-electron chi connectivity index (χ4n) is 1.99. The molecule has 82 valence electrons. The summed E-state index contributed by atoms with van der Waals surface area (Å²) in [5.74, 6) is -0.175. The number of halogens is 1. The van der Waals surface area contributed by atoms with Crippen LogP contribution in [0.2, 0.25) is 0 Å². The van der Waals surface area contributed by atoms with Gasteiger partial charge in [-0.15, -0.1) is 0 Å². The van der Waals surface area contributed by atoms with Gasteiger partial charge in [0.1, 0.15) is 5.82 Å². The van der Waals surface area contributed by atoms with E-state index >= 15 is 0 Å². The summed E-state index contributed by atoms with van der Waals surface area (Å²) in [7, 11) is 0. The molecule has 1 aromatic carbocycles. The van der Waals surface area contributed by atoms with Gasteiger partial charge in [-0.05, 0) is 30.9 Å². The van der Waals surface area contributed by atoms with Gasteiger partial charge in [0.25, 0.3) is 0 Å². The van der Waals surface area contributed by atoms with Crippen molar-refractivity contribution in [3.8, 4) is 0 Å². The van der Waals surface area contributed by atoms with Gasteiger partial charge in [-0.1, -0.05) is 18.2 Å². The molecule has 1 heterocycles. The molecule has 1 fully saturated rings. The normalized spacial score (nSPS) is 22.9. The van der Waals surface area contributed by atoms with Gasteiger partial charge in [-0.2, -0.15) is 0 Å². The van der Waals surface area contributed by atoms with Crippen LogP contribution in [-0.2, 0) is 11.2 Å². The third-order valence-electron chi connectivity index (χ3n) is 2.86. The van der Waals surface area contributed by atoms with E-state index in [0.29, 0.717) is 12.0 Å². The molecule has 15 heavy (non-hydrogen) atoms. The van der Waals surface area contributed by atoms with Crippen molar-refractivity contribution >= 4 is 0 Å². The molecule has 0 saturated carbocycles. The molecule has 1 aromatic rings. The number of ether oxygens (including phenoxy) is 1. The van der Waals surface area contributed by atoms with E-state index in [-0.39, 0.29) is 18.0 Å². The van der Waals surface area contributed by atoms with Crippen LogP contribution in [0.1, 0.15) is 18.4 Å². The lowest BCUT2D eigenvalue weighted by molar-refractivity contribution is 0.0898. The predicted molar refractivity (Wildman–Crippen MR) is 57.1 cm³/mol. The Bertz CT molecular complexity index is 323. The number of benzene rings is 1. The minimum absolute atomic E-state index is 0.0931. The zero-order valence-electron chi connectivity index (χ0n) is 8.66. The van der Waals surface area contributed by atoms with Crippen molar-refractivity contribution in [2.24, 2.45) is 5.73 Å². The number of rotatable bonds is 3. The lowest BCUT2D eigenvalue weighted by Gasteiger charge is -2.18. The van der Waals surface area contributed by atoms with E-state index in [9.17, 15) is 4.39 Å². The van der Waals surface area contributed by atoms with E-state index in [1.165, 1.54) is 6.07 Å². The van der Waals surface area contributed by atoms with Crippen LogP contribution in [0.5, 0.6) is 0 Å². The minimum atomic E-state index is -0.175. The van der Waals surface area contributed by atoms with Gasteiger partial charge in [0.15, 0.2) is 0 Å². The Labute approximate surface area is 89.2 Å². The van der Waals surface area contributed by atoms with E-state index in [1.807, 2.05) is 6.07 Å². The van der Waals surface area contributed by atoms with Crippen LogP contribution >= 0.6 is 0 Å². The molecule has 3 heteroatoms. The summed E-state index contributed by atoms with van der Waals surface area (Å²) < 4.78 is 18.8. The molecule has 2 rings (SSSR count). The standard InChI is InChI=1S/C12H16FNO/c13-10-5-2-1-4-9(10)8-11(14)12-6-3-7-15-12/h1-2,4-5,11-12H,3,6-8,14H2. The Kier molecular flexibility index (Phi) is 3.34. The van der Waals surface area contributed by atoms with Crippen LogP contribution in [0.4, 0.5) is 4.39 Å². The van der Waals surface area contributed by atoms with Crippen molar-refractivity contribution in [1.29, 1.82) is 0 Å². The maximum Gasteiger partial charge on any atom is 0.126 e. The zero-order chi connectivity index (χ0) is 10.7. The molecule has 0 spiro atoms. The summed E-state index contributed by atoms with van der Waals surface area (Å²) in [6.07, 6.45) is 2.72. The van der Waals surface area contributed by atoms with E-state index < -0.39 is 0 Å². The summed E-state index contributed by atoms with van der Waals surface area (Å²) in [5.41, 5.74) is 6.67. The fraction of sp³-hybridized carbons (Fsp3) is 0.500. The van der Waals surface area contributed by atoms with Gasteiger partial charge in [-0.3, -0.25) is 0 Å². The maximum absolute atomic E-state index is 13.3. The molecule has 2 N–H and O–H groups in total. The molecule has 0 aromatic heterocycles. The van der Waals surface area contributed by atoms with Gasteiger partial charge < -0.3 is 10.5 Å². The summed E-state index contributed by atoms with van der Waals surface area (Å²) in [4.78, 5) is 0. The highest BCUT2D eigenvalue weighted by Gasteiger charge is 2.23. The molecule has 2 unspecified atom stereocenters. The van der Waals surface area contributed by atoms with E-state index in [2.05, 4.69) is 0 Å². The van der Waals surface area contributed by atoms with Crippen molar-refractivity contribution in [2.75, 3.05) is 6.61 Å². The molecule has 1 saturated heterocycles. The smallest absolute Gasteiger partial charge is 0.126 e. The van der Waals surface area contributed by atoms with E-state index in [1.54, 1.807) is 12.1 Å². The Morgan fingerprint density at radius 1 is 1.47 bits per heavy atom. The van der Waals surface area contributed by atoms with Crippen molar-refractivity contribution in [3.05, 3.63) is 35.6 Å². The lowest BCUT2D eigenvalue weighted by atomic mass is 10.00. The van der Waals surface area contributed by atoms with Crippen molar-refractivity contribution < 1.29 is 9.13 Å². The molecule has 2 atom stereocenters. The van der Waals surface area contributed by atoms with Crippen LogP contribution in [-0.4, -0.2) is 18.8 Å². The first-order chi connectivity index (χ1) is 7.27. The fourth-order valence-corrected chi connectivity index (χ4v) is 1.99. The highest BCUT2D eigenvalue weighted by atomic mass is 19.1. The molecule has 1 aliphatic heterocycles. The van der Waals surface area contributed by atoms with E-state index in [4.69, 9.17) is 10.5 Å². The second-order valence-corrected chi connectivity index (χ2v) is 4.01. The molecule has 0 bridgehead atoms. The largest absolute Gasteiger partial charge is 0.377 e. The average Bonchev–Trinajstić information content (AvgIpc) is 2.74. The Morgan fingerprint density at radius 2 is 2.27 bits per heavy atom. The highest BCUT2D eigenvalue weighted by molar-refractivity contribution is 5.18. The first-order valence-corrected chi connectivity index (χ1v) is 5.38. The predicted octanol–water partition coefficient (Wildman–Crippen LogP) is 1.87. The Balaban J connectivity index is 1.99. The summed E-state index contributed by atoms with van der Waals surface area (Å²) in [6, 6.07) is 6.68. The number of nitrogens with two attached hydrogens (primary N) is 1. The van der Waals surface area contributed by atoms with Crippen LogP contribution in [0.3, 0.4) is 0 Å². The monoisotopic (exact) mass is 209 g/mol. The van der Waals surface area contributed by atoms with Crippen LogP contribution in [0.15, 0.2) is 24.3 Å². The van der Waals surface area contributed by atoms with Crippen LogP contribution in [0.25, 0.3) is 0 Å². The molecular weight excluding hydrogens is 193 g/mol. The first-order valence-electron chi connectivity index (χ1n) is 5.38. The Morgan fingerprint density at radius 3 is 2.93 bits per heavy atom. The van der Waals surface area contributed by atoms with Crippen LogP contribution in [0, 0.1) is 5.82 Å². The average molecular weight is 209 g/mol. The minimum Gasteiger partial charge on any atom is -0.377 e. The second kappa shape index (κ2) is 4.73. The molecule has 0 aliphatic carbocycles. The number of hydrogen-bond acceptors (Lipinski definition) is 2. The third-order valence-corrected chi connectivity index (χ3v) is 2.86. The molecule has 1 aliphatic rings. The van der Waals surface area contributed by atoms with E-state index in [0.717, 1.165) is 19.4 Å². The lowest BCUT2D eigenvalue weighted by Crippen LogP contribution is -2.36. The van der Waals surface area contributed by atoms with Gasteiger partial charge in [0.05, 0.1) is 6.10 Å². The van der Waals surface area contributed by atoms with Gasteiger partial charge in [-0.25, -0.2) is 4.39 Å². The molecule has 0 amide bonds. The summed E-state index contributed by atoms with van der Waals surface area (Å²) in [6.45, 7) is 0.787. The topological polar surface area (TPSA) is 35.2 Å². The SMILES string of the molecule is NC(Cc1ccccc1F)C1CCCO1. The van der Waals surface area contributed by atoms with Crippen molar-refractivity contribution in [1.82, 2.24) is 0 Å². The quantitative estimate of drug-likeness (QED) is 0.824. The zero-order valence-corrected chi connectivity index (χ0v) is 8.66. The third kappa shape index (κ3) is 2.55. The number of hydrogen-bond donors (Lipinski definition) is 1. The molecule has 2 nitrogen and oxygen atoms in total. The maximum atomic E-state index is 13.3. The van der Waals surface area contributed by atoms with Gasteiger partial charge in [0, 0.05) is 12.6 Å². The van der Waals surface area contributed by atoms with Gasteiger partial charge in [0.2, 0.25) is 0 Å². The summed E-state index contributed by atoms with van der Waals surface area (Å²) in [5, 5.41) is 0. The molecule has 0 radical (unpaired) electrons.